The Kier molecular flexibility index (Phi) is 33.6. The summed E-state index contributed by atoms with van der Waals surface area (Å²) >= 11 is 0. The van der Waals surface area contributed by atoms with Crippen molar-refractivity contribution in [2.75, 3.05) is 111 Å². The van der Waals surface area contributed by atoms with E-state index in [1.54, 1.807) is 108 Å². The number of carbonyl (C=O) groups excluding carboxylic acids is 7. The molecule has 5 aromatic rings. The predicted molar refractivity (Wildman–Crippen MR) is 385 cm³/mol. The second-order valence-corrected chi connectivity index (χ2v) is 25.7. The minimum absolute atomic E-state index is 0.00519. The molecule has 0 aliphatic carbocycles. The highest BCUT2D eigenvalue weighted by Crippen LogP contribution is 2.29. The van der Waals surface area contributed by atoms with Gasteiger partial charge in [-0.25, -0.2) is 9.59 Å². The number of benzene rings is 5. The lowest BCUT2D eigenvalue weighted by molar-refractivity contribution is -0.140. The fourth-order valence-corrected chi connectivity index (χ4v) is 11.1. The molecule has 14 N–H and O–H groups in total. The Morgan fingerprint density at radius 3 is 1.65 bits per heavy atom. The third kappa shape index (κ3) is 31.0. The van der Waals surface area contributed by atoms with Crippen LogP contribution in [0.2, 0.25) is 0 Å². The van der Waals surface area contributed by atoms with Crippen LogP contribution in [0, 0.1) is 0 Å². The molecule has 30 heteroatoms. The number of nitrogens with zero attached hydrogens (tertiary/aromatic N) is 5. The van der Waals surface area contributed by atoms with Gasteiger partial charge in [0.15, 0.2) is 5.96 Å². The minimum atomic E-state index is -1.50. The van der Waals surface area contributed by atoms with Gasteiger partial charge in [0.1, 0.15) is 35.2 Å². The lowest BCUT2D eigenvalue weighted by Gasteiger charge is -2.33. The summed E-state index contributed by atoms with van der Waals surface area (Å²) < 4.78 is 11.7. The third-order valence-corrected chi connectivity index (χ3v) is 16.3. The quantitative estimate of drug-likeness (QED) is 0.0158. The molecule has 0 saturated carbocycles. The number of phenolic OH excluding ortho intramolecular Hbond substituents is 1. The first-order chi connectivity index (χ1) is 49.3. The van der Waals surface area contributed by atoms with Crippen LogP contribution >= 0.6 is 0 Å². The summed E-state index contributed by atoms with van der Waals surface area (Å²) in [5.74, 6) is -6.92. The van der Waals surface area contributed by atoms with Crippen molar-refractivity contribution < 1.29 is 77.8 Å². The molecule has 5 aromatic carbocycles. The fourth-order valence-electron chi connectivity index (χ4n) is 11.1. The molecule has 103 heavy (non-hydrogen) atoms. The maximum absolute atomic E-state index is 14.7. The van der Waals surface area contributed by atoms with Crippen LogP contribution in [0.4, 0.5) is 9.59 Å². The lowest BCUT2D eigenvalue weighted by Crippen LogP contribution is -2.58. The zero-order chi connectivity index (χ0) is 74.7. The molecule has 4 atom stereocenters. The summed E-state index contributed by atoms with van der Waals surface area (Å²) in [6.45, 7) is 6.70. The van der Waals surface area contributed by atoms with Gasteiger partial charge in [0.2, 0.25) is 29.5 Å². The normalized spacial score (nSPS) is 14.8. The van der Waals surface area contributed by atoms with Crippen molar-refractivity contribution in [1.29, 1.82) is 0 Å². The molecule has 1 unspecified atom stereocenters. The average Bonchev–Trinajstić information content (AvgIpc) is 0.819. The second kappa shape index (κ2) is 42.5. The minimum Gasteiger partial charge on any atom is -0.508 e. The van der Waals surface area contributed by atoms with E-state index in [1.165, 1.54) is 12.1 Å². The van der Waals surface area contributed by atoms with Crippen molar-refractivity contribution in [3.63, 3.8) is 0 Å². The number of unbranched alkanes of at least 4 members (excludes halogenated alkanes) is 1. The van der Waals surface area contributed by atoms with Gasteiger partial charge in [-0.15, -0.1) is 0 Å². The second-order valence-electron chi connectivity index (χ2n) is 25.7. The number of carbonyl (C=O) groups is 10. The summed E-state index contributed by atoms with van der Waals surface area (Å²) in [6, 6.07) is 35.2. The third-order valence-electron chi connectivity index (χ3n) is 16.3. The highest BCUT2D eigenvalue weighted by atomic mass is 16.6. The number of urea groups is 1. The number of phenols is 1. The largest absolute Gasteiger partial charge is 0.508 e. The summed E-state index contributed by atoms with van der Waals surface area (Å²) in [5, 5.41) is 60.8. The Morgan fingerprint density at radius 2 is 1.08 bits per heavy atom. The number of amides is 8. The molecule has 1 heterocycles. The Balaban J connectivity index is 1.15. The van der Waals surface area contributed by atoms with E-state index in [2.05, 4.69) is 47.5 Å². The van der Waals surface area contributed by atoms with Gasteiger partial charge in [-0.3, -0.25) is 68.3 Å². The van der Waals surface area contributed by atoms with Gasteiger partial charge in [0.05, 0.1) is 45.2 Å². The van der Waals surface area contributed by atoms with E-state index in [0.717, 1.165) is 11.1 Å². The van der Waals surface area contributed by atoms with E-state index in [-0.39, 0.29) is 129 Å². The van der Waals surface area contributed by atoms with Gasteiger partial charge in [0, 0.05) is 85.0 Å². The number of hydrogen-bond donors (Lipinski definition) is 13. The van der Waals surface area contributed by atoms with Crippen LogP contribution in [-0.4, -0.2) is 241 Å². The monoisotopic (exact) mass is 1430 g/mol. The van der Waals surface area contributed by atoms with Crippen molar-refractivity contribution in [2.24, 2.45) is 10.7 Å². The molecule has 0 aromatic heterocycles. The van der Waals surface area contributed by atoms with Crippen LogP contribution in [0.5, 0.6) is 11.5 Å². The zero-order valence-electron chi connectivity index (χ0n) is 58.8. The number of guanidine groups is 1. The van der Waals surface area contributed by atoms with E-state index in [0.29, 0.717) is 53.8 Å². The molecule has 0 radical (unpaired) electrons. The van der Waals surface area contributed by atoms with Crippen molar-refractivity contribution in [2.45, 2.75) is 96.0 Å². The number of rotatable bonds is 35. The van der Waals surface area contributed by atoms with Gasteiger partial charge in [0.25, 0.3) is 0 Å². The number of carboxylic acid groups (broad SMARTS) is 3. The number of aliphatic imine (C=N–C) groups is 1. The topological polar surface area (TPSA) is 418 Å². The van der Waals surface area contributed by atoms with E-state index in [9.17, 15) is 68.4 Å². The Morgan fingerprint density at radius 1 is 0.544 bits per heavy atom. The highest BCUT2D eigenvalue weighted by molar-refractivity contribution is 5.96. The predicted octanol–water partition coefficient (Wildman–Crippen LogP) is 2.89. The molecule has 6 rings (SSSR count). The highest BCUT2D eigenvalue weighted by Gasteiger charge is 2.32. The van der Waals surface area contributed by atoms with Gasteiger partial charge in [-0.2, -0.15) is 0 Å². The lowest BCUT2D eigenvalue weighted by atomic mass is 9.90. The number of alkyl carbamates (subject to hydrolysis) is 1. The molecule has 0 spiro atoms. The molecule has 1 aliphatic rings. The average molecular weight is 1430 g/mol. The maximum atomic E-state index is 14.7. The van der Waals surface area contributed by atoms with Gasteiger partial charge < -0.3 is 72.9 Å². The number of aromatic hydroxyl groups is 1. The smallest absolute Gasteiger partial charge is 0.407 e. The number of ether oxygens (including phenoxy) is 2. The van der Waals surface area contributed by atoms with Crippen LogP contribution in [0.3, 0.4) is 0 Å². The molecule has 0 bridgehead atoms. The molecule has 556 valence electrons. The SMILES string of the molecule is CCNC(=O)NC(N)=NCCC[C@@H](NC(=O)C(c1ccccc1)c1cccc(OCCCCNC(=O)[C@@H](Cc2ccc(-c3ccccc3)cc2)NC(=O)[C@@H](CNC(=O)OC(C)(C)C)NC(=O)CN2CCN(CC(=O)O)CCN(CC(=O)O)CCN(CC(=O)O)CC2)c1)C(=O)NCc1ccc(O)cc1. The molecular weight excluding hydrogens is 1330 g/mol. The summed E-state index contributed by atoms with van der Waals surface area (Å²) in [5.41, 5.74) is 9.43. The van der Waals surface area contributed by atoms with E-state index >= 15 is 0 Å². The van der Waals surface area contributed by atoms with Crippen LogP contribution in [-0.2, 0) is 56.1 Å². The number of nitrogens with two attached hydrogens (primary N) is 1. The van der Waals surface area contributed by atoms with Gasteiger partial charge >= 0.3 is 30.0 Å². The van der Waals surface area contributed by atoms with Crippen molar-refractivity contribution >= 4 is 65.5 Å². The molecule has 1 fully saturated rings. The van der Waals surface area contributed by atoms with Crippen LogP contribution < -0.4 is 53.0 Å². The van der Waals surface area contributed by atoms with E-state index in [1.807, 2.05) is 60.7 Å². The van der Waals surface area contributed by atoms with E-state index in [4.69, 9.17) is 15.2 Å². The Bertz CT molecular complexity index is 3570. The Hall–Kier alpha value is -10.7. The van der Waals surface area contributed by atoms with Gasteiger partial charge in [-0.05, 0) is 111 Å². The summed E-state index contributed by atoms with van der Waals surface area (Å²) in [4.78, 5) is 143. The Labute approximate surface area is 599 Å². The van der Waals surface area contributed by atoms with E-state index < -0.39 is 95.8 Å². The molecule has 8 amide bonds. The first-order valence-corrected chi connectivity index (χ1v) is 34.3. The fraction of sp³-hybridized carbons (Fsp3) is 0.438. The van der Waals surface area contributed by atoms with Crippen LogP contribution in [0.15, 0.2) is 138 Å². The van der Waals surface area contributed by atoms with Crippen molar-refractivity contribution in [3.8, 4) is 22.6 Å². The summed E-state index contributed by atoms with van der Waals surface area (Å²) in [7, 11) is 0. The van der Waals surface area contributed by atoms with Crippen molar-refractivity contribution in [3.05, 3.63) is 156 Å². The van der Waals surface area contributed by atoms with Crippen LogP contribution in [0.1, 0.15) is 81.5 Å². The first kappa shape index (κ1) is 81.3. The molecule has 30 nitrogen and oxygen atoms in total. The maximum Gasteiger partial charge on any atom is 0.407 e. The number of aliphatic carboxylic acids is 3. The molecular formula is C73H98N14O16. The number of carboxylic acids is 3. The molecule has 1 aliphatic heterocycles. The van der Waals surface area contributed by atoms with Crippen molar-refractivity contribution in [1.82, 2.24) is 62.1 Å². The number of hydrogen-bond acceptors (Lipinski definition) is 18. The van der Waals surface area contributed by atoms with Crippen LogP contribution in [0.25, 0.3) is 11.1 Å². The first-order valence-electron chi connectivity index (χ1n) is 34.3. The number of nitrogens with one attached hydrogen (secondary N) is 8. The van der Waals surface area contributed by atoms with Gasteiger partial charge in [-0.1, -0.05) is 109 Å². The molecule has 1 saturated heterocycles. The standard InChI is InChI=1S/C73H98N14O16/c1-5-75-71(100)83-70(74)77-32-15-22-58(66(96)78-44-51-25-29-56(88)30-26-51)81-69(99)65(54-18-10-7-11-19-54)55-20-14-21-57(43-55)102-41-13-12-31-76-67(97)59(42-50-23-27-53(28-24-50)52-16-8-6-9-17-52)82-68(98)60(45-79-72(101)103-73(2,3)4)80-61(89)46-84-33-35-85(47-62(90)91)37-39-87(49-64(94)95)40-38-86(36-34-84)48-63(92)93/h6-11,14,16-21,23-30,43,58-60,65,88H,5,12-13,15,22,31-42,44-49H2,1-4H3,(H,76,97)(H,78,96)(H,79,101)(H,80,89)(H,81,99)(H,82,98)(H,90,91)(H,92,93)(H,94,95)(H4,74,75,77,83,100)/t58-,59-,60-,65?/m1/s1. The zero-order valence-corrected chi connectivity index (χ0v) is 58.8. The summed E-state index contributed by atoms with van der Waals surface area (Å²) in [6.07, 6.45) is 0.388.